The van der Waals surface area contributed by atoms with Gasteiger partial charge in [0.05, 0.1) is 19.9 Å². The maximum Gasteiger partial charge on any atom is 0.329 e. The minimum atomic E-state index is -0.864. The van der Waals surface area contributed by atoms with Crippen LogP contribution in [0.4, 0.5) is 5.69 Å². The highest BCUT2D eigenvalue weighted by Gasteiger charge is 2.14. The summed E-state index contributed by atoms with van der Waals surface area (Å²) >= 11 is 0. The molecule has 8 heteroatoms. The van der Waals surface area contributed by atoms with E-state index in [1.165, 1.54) is 6.21 Å². The van der Waals surface area contributed by atoms with Crippen molar-refractivity contribution in [2.75, 3.05) is 19.0 Å². The van der Waals surface area contributed by atoms with Gasteiger partial charge in [-0.05, 0) is 63.2 Å². The summed E-state index contributed by atoms with van der Waals surface area (Å²) in [5.74, 6) is -0.230. The van der Waals surface area contributed by atoms with Gasteiger partial charge >= 0.3 is 11.8 Å². The number of anilines is 1. The lowest BCUT2D eigenvalue weighted by molar-refractivity contribution is -0.136. The van der Waals surface area contributed by atoms with Gasteiger partial charge in [0.15, 0.2) is 0 Å². The Morgan fingerprint density at radius 2 is 1.78 bits per heavy atom. The molecule has 32 heavy (non-hydrogen) atoms. The van der Waals surface area contributed by atoms with Gasteiger partial charge in [-0.3, -0.25) is 9.59 Å². The summed E-state index contributed by atoms with van der Waals surface area (Å²) in [5.41, 5.74) is 6.45. The van der Waals surface area contributed by atoms with E-state index in [0.717, 1.165) is 28.4 Å². The highest BCUT2D eigenvalue weighted by atomic mass is 16.5. The third-order valence-corrected chi connectivity index (χ3v) is 4.78. The number of nitrogens with one attached hydrogen (secondary N) is 2. The Balaban J connectivity index is 1.64. The molecule has 3 aromatic rings. The predicted molar refractivity (Wildman–Crippen MR) is 124 cm³/mol. The van der Waals surface area contributed by atoms with E-state index in [9.17, 15) is 9.59 Å². The molecule has 0 unspecified atom stereocenters. The van der Waals surface area contributed by atoms with Crippen molar-refractivity contribution in [1.82, 2.24) is 9.99 Å². The van der Waals surface area contributed by atoms with Gasteiger partial charge in [-0.2, -0.15) is 5.10 Å². The molecule has 0 bridgehead atoms. The SMILES string of the molecule is CCOc1ccc(NC(=O)C(=O)N/N=C/c2cc(C)n(-c3cccc(OC)c3)c2C)cc1. The number of rotatable bonds is 7. The van der Waals surface area contributed by atoms with Crippen molar-refractivity contribution >= 4 is 23.7 Å². The summed E-state index contributed by atoms with van der Waals surface area (Å²) in [4.78, 5) is 24.2. The molecule has 0 saturated carbocycles. The Kier molecular flexibility index (Phi) is 7.28. The van der Waals surface area contributed by atoms with E-state index in [4.69, 9.17) is 9.47 Å². The molecule has 0 spiro atoms. The van der Waals surface area contributed by atoms with E-state index in [1.807, 2.05) is 51.1 Å². The monoisotopic (exact) mass is 434 g/mol. The standard InChI is InChI=1S/C24H26N4O4/c1-5-32-21-11-9-19(10-12-21)26-23(29)24(30)27-25-15-18-13-16(2)28(17(18)3)20-7-6-8-22(14-20)31-4/h6-15H,5H2,1-4H3,(H,26,29)(H,27,30)/b25-15+. The van der Waals surface area contributed by atoms with Gasteiger partial charge in [0.2, 0.25) is 0 Å². The molecular formula is C24H26N4O4. The van der Waals surface area contributed by atoms with E-state index in [1.54, 1.807) is 31.4 Å². The molecule has 2 amide bonds. The molecule has 0 aliphatic carbocycles. The largest absolute Gasteiger partial charge is 0.497 e. The van der Waals surface area contributed by atoms with Crippen molar-refractivity contribution in [3.05, 3.63) is 71.5 Å². The number of carbonyl (C=O) groups is 2. The minimum Gasteiger partial charge on any atom is -0.497 e. The second-order valence-corrected chi connectivity index (χ2v) is 6.97. The lowest BCUT2D eigenvalue weighted by atomic mass is 10.2. The van der Waals surface area contributed by atoms with E-state index < -0.39 is 11.8 Å². The first-order valence-corrected chi connectivity index (χ1v) is 10.1. The van der Waals surface area contributed by atoms with Crippen LogP contribution in [0.15, 0.2) is 59.7 Å². The van der Waals surface area contributed by atoms with E-state index in [2.05, 4.69) is 20.4 Å². The molecule has 1 aromatic heterocycles. The van der Waals surface area contributed by atoms with Gasteiger partial charge in [0, 0.05) is 34.4 Å². The smallest absolute Gasteiger partial charge is 0.329 e. The highest BCUT2D eigenvalue weighted by molar-refractivity contribution is 6.39. The molecule has 0 fully saturated rings. The topological polar surface area (TPSA) is 94.0 Å². The molecule has 166 valence electrons. The Morgan fingerprint density at radius 3 is 2.47 bits per heavy atom. The Hall–Kier alpha value is -4.07. The normalized spacial score (nSPS) is 10.8. The Bertz CT molecular complexity index is 1130. The minimum absolute atomic E-state index is 0.486. The number of ether oxygens (including phenoxy) is 2. The summed E-state index contributed by atoms with van der Waals surface area (Å²) in [5, 5.41) is 6.46. The highest BCUT2D eigenvalue weighted by Crippen LogP contribution is 2.23. The summed E-state index contributed by atoms with van der Waals surface area (Å²) < 4.78 is 12.7. The fourth-order valence-corrected chi connectivity index (χ4v) is 3.27. The third kappa shape index (κ3) is 5.34. The Labute approximate surface area is 186 Å². The van der Waals surface area contributed by atoms with Crippen molar-refractivity contribution in [1.29, 1.82) is 0 Å². The fraction of sp³-hybridized carbons (Fsp3) is 0.208. The molecule has 1 heterocycles. The van der Waals surface area contributed by atoms with Crippen LogP contribution in [0.3, 0.4) is 0 Å². The third-order valence-electron chi connectivity index (χ3n) is 4.78. The first kappa shape index (κ1) is 22.6. The van der Waals surface area contributed by atoms with Gasteiger partial charge in [-0.15, -0.1) is 0 Å². The molecule has 0 saturated heterocycles. The summed E-state index contributed by atoms with van der Waals surface area (Å²) in [6.07, 6.45) is 1.51. The number of aromatic nitrogens is 1. The van der Waals surface area contributed by atoms with Crippen LogP contribution < -0.4 is 20.2 Å². The zero-order valence-corrected chi connectivity index (χ0v) is 18.5. The van der Waals surface area contributed by atoms with Gasteiger partial charge in [-0.25, -0.2) is 5.43 Å². The average Bonchev–Trinajstić information content (AvgIpc) is 3.08. The number of hydrazone groups is 1. The lowest BCUT2D eigenvalue weighted by Crippen LogP contribution is -2.32. The molecular weight excluding hydrogens is 408 g/mol. The molecule has 2 aromatic carbocycles. The summed E-state index contributed by atoms with van der Waals surface area (Å²) in [6.45, 7) is 6.37. The zero-order valence-electron chi connectivity index (χ0n) is 18.5. The molecule has 0 radical (unpaired) electrons. The van der Waals surface area contributed by atoms with Crippen LogP contribution in [0.2, 0.25) is 0 Å². The number of methoxy groups -OCH3 is 1. The first-order chi connectivity index (χ1) is 15.4. The van der Waals surface area contributed by atoms with Crippen LogP contribution in [0.25, 0.3) is 5.69 Å². The predicted octanol–water partition coefficient (Wildman–Crippen LogP) is 3.59. The number of benzene rings is 2. The van der Waals surface area contributed by atoms with Crippen LogP contribution in [-0.4, -0.2) is 36.3 Å². The van der Waals surface area contributed by atoms with Crippen LogP contribution in [-0.2, 0) is 9.59 Å². The second-order valence-electron chi connectivity index (χ2n) is 6.97. The number of aryl methyl sites for hydroxylation is 1. The fourth-order valence-electron chi connectivity index (χ4n) is 3.27. The first-order valence-electron chi connectivity index (χ1n) is 10.1. The summed E-state index contributed by atoms with van der Waals surface area (Å²) in [6, 6.07) is 16.4. The lowest BCUT2D eigenvalue weighted by Gasteiger charge is -2.11. The molecule has 0 aliphatic heterocycles. The molecule has 0 atom stereocenters. The van der Waals surface area contributed by atoms with Crippen molar-refractivity contribution in [3.8, 4) is 17.2 Å². The number of amides is 2. The van der Waals surface area contributed by atoms with Crippen LogP contribution >= 0.6 is 0 Å². The van der Waals surface area contributed by atoms with E-state index in [-0.39, 0.29) is 0 Å². The Morgan fingerprint density at radius 1 is 1.03 bits per heavy atom. The molecule has 8 nitrogen and oxygen atoms in total. The average molecular weight is 434 g/mol. The van der Waals surface area contributed by atoms with Crippen molar-refractivity contribution in [2.45, 2.75) is 20.8 Å². The quantitative estimate of drug-likeness (QED) is 0.338. The van der Waals surface area contributed by atoms with Gasteiger partial charge < -0.3 is 19.4 Å². The molecule has 2 N–H and O–H groups in total. The van der Waals surface area contributed by atoms with Gasteiger partial charge in [0.25, 0.3) is 0 Å². The number of carbonyl (C=O) groups excluding carboxylic acids is 2. The van der Waals surface area contributed by atoms with Crippen LogP contribution in [0.5, 0.6) is 11.5 Å². The van der Waals surface area contributed by atoms with E-state index >= 15 is 0 Å². The maximum absolute atomic E-state index is 12.1. The van der Waals surface area contributed by atoms with Gasteiger partial charge in [0.1, 0.15) is 11.5 Å². The maximum atomic E-state index is 12.1. The number of nitrogens with zero attached hydrogens (tertiary/aromatic N) is 2. The van der Waals surface area contributed by atoms with Crippen LogP contribution in [0, 0.1) is 13.8 Å². The summed E-state index contributed by atoms with van der Waals surface area (Å²) in [7, 11) is 1.63. The van der Waals surface area contributed by atoms with Crippen molar-refractivity contribution in [3.63, 3.8) is 0 Å². The van der Waals surface area contributed by atoms with Crippen molar-refractivity contribution < 1.29 is 19.1 Å². The number of hydrogen-bond donors (Lipinski definition) is 2. The molecule has 0 aliphatic rings. The zero-order chi connectivity index (χ0) is 23.1. The molecule has 3 rings (SSSR count). The van der Waals surface area contributed by atoms with Gasteiger partial charge in [-0.1, -0.05) is 6.07 Å². The van der Waals surface area contributed by atoms with E-state index in [0.29, 0.717) is 18.0 Å². The van der Waals surface area contributed by atoms with Crippen LogP contribution in [0.1, 0.15) is 23.9 Å². The van der Waals surface area contributed by atoms with Crippen molar-refractivity contribution in [2.24, 2.45) is 5.10 Å². The number of hydrogen-bond acceptors (Lipinski definition) is 5. The second kappa shape index (κ2) is 10.3.